The summed E-state index contributed by atoms with van der Waals surface area (Å²) in [6.45, 7) is 0.569. The molecule has 3 aliphatic rings. The summed E-state index contributed by atoms with van der Waals surface area (Å²) >= 11 is 0. The van der Waals surface area contributed by atoms with Gasteiger partial charge in [-0.1, -0.05) is 18.2 Å². The van der Waals surface area contributed by atoms with E-state index in [0.29, 0.717) is 37.1 Å². The second kappa shape index (κ2) is 8.41. The van der Waals surface area contributed by atoms with Gasteiger partial charge in [0.05, 0.1) is 6.10 Å². The van der Waals surface area contributed by atoms with Gasteiger partial charge in [-0.15, -0.1) is 12.4 Å². The Morgan fingerprint density at radius 1 is 1.12 bits per heavy atom. The molecule has 4 rings (SSSR count). The lowest BCUT2D eigenvalue weighted by Gasteiger charge is -2.29. The van der Waals surface area contributed by atoms with Gasteiger partial charge in [0.2, 0.25) is 5.91 Å². The maximum Gasteiger partial charge on any atom is 0.220 e. The summed E-state index contributed by atoms with van der Waals surface area (Å²) < 4.78 is 6.04. The largest absolute Gasteiger partial charge is 0.490 e. The molecule has 0 spiro atoms. The number of rotatable bonds is 6. The molecule has 1 aromatic rings. The van der Waals surface area contributed by atoms with Gasteiger partial charge in [-0.05, 0) is 56.9 Å². The van der Waals surface area contributed by atoms with Crippen molar-refractivity contribution < 1.29 is 9.53 Å². The molecule has 3 fully saturated rings. The molecule has 2 atom stereocenters. The lowest BCUT2D eigenvalue weighted by atomic mass is 9.89. The lowest BCUT2D eigenvalue weighted by Crippen LogP contribution is -2.39. The zero-order valence-electron chi connectivity index (χ0n) is 14.7. The van der Waals surface area contributed by atoms with Crippen molar-refractivity contribution >= 4 is 18.3 Å². The zero-order chi connectivity index (χ0) is 16.4. The van der Waals surface area contributed by atoms with Crippen LogP contribution < -0.4 is 15.4 Å². The standard InChI is InChI=1S/C20H28N2O2.ClH/c23-20(12-14-10-16-8-9-17(11-14)22-16)21-13-15-4-1-2-7-19(15)24-18-5-3-6-18;/h1-2,4,7,14,16-18,22H,3,5-6,8-13H2,(H,21,23);1H. The third-order valence-corrected chi connectivity index (χ3v) is 5.84. The number of hydrogen-bond donors (Lipinski definition) is 2. The highest BCUT2D eigenvalue weighted by atomic mass is 35.5. The molecule has 2 bridgehead atoms. The molecule has 1 saturated carbocycles. The highest BCUT2D eigenvalue weighted by Gasteiger charge is 2.34. The van der Waals surface area contributed by atoms with Crippen LogP contribution in [0.15, 0.2) is 24.3 Å². The van der Waals surface area contributed by atoms with Crippen molar-refractivity contribution in [2.24, 2.45) is 5.92 Å². The second-order valence-electron chi connectivity index (χ2n) is 7.73. The molecular formula is C20H29ClN2O2. The van der Waals surface area contributed by atoms with Crippen LogP contribution in [0.3, 0.4) is 0 Å². The van der Waals surface area contributed by atoms with Crippen LogP contribution in [0.1, 0.15) is 56.9 Å². The van der Waals surface area contributed by atoms with E-state index in [1.54, 1.807) is 0 Å². The van der Waals surface area contributed by atoms with Gasteiger partial charge in [-0.2, -0.15) is 0 Å². The highest BCUT2D eigenvalue weighted by Crippen LogP contribution is 2.32. The van der Waals surface area contributed by atoms with E-state index in [0.717, 1.165) is 37.0 Å². The average Bonchev–Trinajstić information content (AvgIpc) is 2.88. The first-order valence-corrected chi connectivity index (χ1v) is 9.53. The minimum Gasteiger partial charge on any atom is -0.490 e. The number of ether oxygens (including phenoxy) is 1. The number of para-hydroxylation sites is 1. The average molecular weight is 365 g/mol. The molecule has 2 unspecified atom stereocenters. The summed E-state index contributed by atoms with van der Waals surface area (Å²) in [5.74, 6) is 1.66. The fraction of sp³-hybridized carbons (Fsp3) is 0.650. The summed E-state index contributed by atoms with van der Waals surface area (Å²) in [6.07, 6.45) is 9.49. The maximum atomic E-state index is 12.3. The summed E-state index contributed by atoms with van der Waals surface area (Å²) in [4.78, 5) is 12.3. The van der Waals surface area contributed by atoms with Gasteiger partial charge in [-0.3, -0.25) is 4.79 Å². The Kier molecular flexibility index (Phi) is 6.24. The molecule has 4 nitrogen and oxygen atoms in total. The van der Waals surface area contributed by atoms with Crippen molar-refractivity contribution in [2.45, 2.75) is 76.1 Å². The molecule has 138 valence electrons. The molecule has 2 aliphatic heterocycles. The Morgan fingerprint density at radius 2 is 1.84 bits per heavy atom. The molecule has 1 aliphatic carbocycles. The van der Waals surface area contributed by atoms with Crippen molar-refractivity contribution in [1.29, 1.82) is 0 Å². The fourth-order valence-electron chi connectivity index (χ4n) is 4.30. The Morgan fingerprint density at radius 3 is 2.52 bits per heavy atom. The van der Waals surface area contributed by atoms with Crippen LogP contribution >= 0.6 is 12.4 Å². The SMILES string of the molecule is Cl.O=C(CC1CC2CCC(C1)N2)NCc1ccccc1OC1CCC1. The van der Waals surface area contributed by atoms with Crippen LogP contribution in [0.5, 0.6) is 5.75 Å². The number of piperidine rings is 1. The minimum absolute atomic E-state index is 0. The normalized spacial score (nSPS) is 27.9. The third kappa shape index (κ3) is 4.68. The predicted molar refractivity (Wildman–Crippen MR) is 101 cm³/mol. The zero-order valence-corrected chi connectivity index (χ0v) is 15.5. The summed E-state index contributed by atoms with van der Waals surface area (Å²) in [5.41, 5.74) is 1.09. The van der Waals surface area contributed by atoms with Gasteiger partial charge in [-0.25, -0.2) is 0 Å². The van der Waals surface area contributed by atoms with Gasteiger partial charge >= 0.3 is 0 Å². The van der Waals surface area contributed by atoms with Crippen molar-refractivity contribution in [3.8, 4) is 5.75 Å². The van der Waals surface area contributed by atoms with Crippen LogP contribution in [0.25, 0.3) is 0 Å². The Balaban J connectivity index is 0.00000182. The Bertz CT molecular complexity index is 579. The predicted octanol–water partition coefficient (Wildman–Crippen LogP) is 3.58. The van der Waals surface area contributed by atoms with E-state index in [2.05, 4.69) is 16.7 Å². The third-order valence-electron chi connectivity index (χ3n) is 5.84. The maximum absolute atomic E-state index is 12.3. The van der Waals surface area contributed by atoms with Crippen LogP contribution in [0, 0.1) is 5.92 Å². The van der Waals surface area contributed by atoms with E-state index in [-0.39, 0.29) is 18.3 Å². The first kappa shape index (κ1) is 18.5. The van der Waals surface area contributed by atoms with Crippen molar-refractivity contribution in [3.63, 3.8) is 0 Å². The summed E-state index contributed by atoms with van der Waals surface area (Å²) in [5, 5.41) is 6.75. The molecule has 2 saturated heterocycles. The van der Waals surface area contributed by atoms with Gasteiger partial charge in [0, 0.05) is 30.6 Å². The van der Waals surface area contributed by atoms with Crippen molar-refractivity contribution in [2.75, 3.05) is 0 Å². The number of carbonyl (C=O) groups excluding carboxylic acids is 1. The Hall–Kier alpha value is -1.26. The highest BCUT2D eigenvalue weighted by molar-refractivity contribution is 5.85. The Labute approximate surface area is 156 Å². The van der Waals surface area contributed by atoms with E-state index < -0.39 is 0 Å². The first-order chi connectivity index (χ1) is 11.8. The molecular weight excluding hydrogens is 336 g/mol. The van der Waals surface area contributed by atoms with Crippen LogP contribution in [-0.2, 0) is 11.3 Å². The number of fused-ring (bicyclic) bond motifs is 2. The van der Waals surface area contributed by atoms with E-state index in [4.69, 9.17) is 4.74 Å². The fourth-order valence-corrected chi connectivity index (χ4v) is 4.30. The van der Waals surface area contributed by atoms with Gasteiger partial charge in [0.1, 0.15) is 5.75 Å². The van der Waals surface area contributed by atoms with Crippen molar-refractivity contribution in [1.82, 2.24) is 10.6 Å². The smallest absolute Gasteiger partial charge is 0.220 e. The number of nitrogens with one attached hydrogen (secondary N) is 2. The number of amides is 1. The van der Waals surface area contributed by atoms with Gasteiger partial charge < -0.3 is 15.4 Å². The minimum atomic E-state index is 0. The monoisotopic (exact) mass is 364 g/mol. The summed E-state index contributed by atoms with van der Waals surface area (Å²) in [6, 6.07) is 9.39. The molecule has 2 N–H and O–H groups in total. The summed E-state index contributed by atoms with van der Waals surface area (Å²) in [7, 11) is 0. The lowest BCUT2D eigenvalue weighted by molar-refractivity contribution is -0.122. The number of hydrogen-bond acceptors (Lipinski definition) is 3. The molecule has 1 amide bonds. The number of carbonyl (C=O) groups is 1. The molecule has 5 heteroatoms. The quantitative estimate of drug-likeness (QED) is 0.811. The van der Waals surface area contributed by atoms with Gasteiger partial charge in [0.15, 0.2) is 0 Å². The number of halogens is 1. The van der Waals surface area contributed by atoms with E-state index in [1.165, 1.54) is 19.3 Å². The number of benzene rings is 1. The van der Waals surface area contributed by atoms with E-state index in [1.807, 2.05) is 18.2 Å². The molecule has 1 aromatic carbocycles. The van der Waals surface area contributed by atoms with E-state index in [9.17, 15) is 4.79 Å². The van der Waals surface area contributed by atoms with E-state index >= 15 is 0 Å². The molecule has 25 heavy (non-hydrogen) atoms. The molecule has 2 heterocycles. The van der Waals surface area contributed by atoms with Crippen LogP contribution in [-0.4, -0.2) is 24.1 Å². The van der Waals surface area contributed by atoms with Gasteiger partial charge in [0.25, 0.3) is 0 Å². The molecule has 0 radical (unpaired) electrons. The second-order valence-corrected chi connectivity index (χ2v) is 7.73. The topological polar surface area (TPSA) is 50.4 Å². The first-order valence-electron chi connectivity index (χ1n) is 9.53. The van der Waals surface area contributed by atoms with Crippen molar-refractivity contribution in [3.05, 3.63) is 29.8 Å². The van der Waals surface area contributed by atoms with Crippen LogP contribution in [0.2, 0.25) is 0 Å². The van der Waals surface area contributed by atoms with Crippen LogP contribution in [0.4, 0.5) is 0 Å². The molecule has 0 aromatic heterocycles.